The molecular weight excluding hydrogens is 438 g/mol. The van der Waals surface area contributed by atoms with Crippen LogP contribution in [0.1, 0.15) is 11.3 Å². The lowest BCUT2D eigenvalue weighted by molar-refractivity contribution is 0.409. The first kappa shape index (κ1) is 19.1. The number of benzene rings is 1. The number of hydrogen-bond donors (Lipinski definition) is 1. The smallest absolute Gasteiger partial charge is 0.194 e. The summed E-state index contributed by atoms with van der Waals surface area (Å²) in [5, 5.41) is 8.16. The van der Waals surface area contributed by atoms with Crippen LogP contribution >= 0.6 is 47.2 Å². The van der Waals surface area contributed by atoms with Crippen LogP contribution in [0.25, 0.3) is 0 Å². The number of aliphatic imine (C=N–C) groups is 1. The zero-order chi connectivity index (χ0) is 15.2. The topological polar surface area (TPSA) is 53.7 Å². The fourth-order valence-corrected chi connectivity index (χ4v) is 2.19. The van der Waals surface area contributed by atoms with Crippen LogP contribution in [0.4, 0.5) is 0 Å². The number of aromatic nitrogens is 1. The van der Waals surface area contributed by atoms with Crippen LogP contribution in [-0.2, 0) is 13.1 Å². The van der Waals surface area contributed by atoms with Gasteiger partial charge in [0.05, 0.1) is 16.6 Å². The van der Waals surface area contributed by atoms with E-state index in [-0.39, 0.29) is 24.0 Å². The van der Waals surface area contributed by atoms with Crippen molar-refractivity contribution in [2.24, 2.45) is 4.99 Å². The second-order valence-corrected chi connectivity index (χ2v) is 5.31. The van der Waals surface area contributed by atoms with Gasteiger partial charge in [-0.05, 0) is 17.7 Å². The van der Waals surface area contributed by atoms with Gasteiger partial charge in [0.2, 0.25) is 0 Å². The molecule has 0 aliphatic heterocycles. The van der Waals surface area contributed by atoms with Crippen LogP contribution in [0.15, 0.2) is 40.0 Å². The van der Waals surface area contributed by atoms with E-state index in [4.69, 9.17) is 27.7 Å². The van der Waals surface area contributed by atoms with E-state index < -0.39 is 0 Å². The van der Waals surface area contributed by atoms with Gasteiger partial charge in [-0.15, -0.1) is 24.0 Å². The standard InChI is InChI=1S/C14H16Cl2N4O.HI/c1-17-14(18-8-11-5-6-21-19-11)20(2)9-10-3-4-12(15)13(16)7-10;/h3-7H,8-9H2,1-2H3,(H,17,18);1H. The van der Waals surface area contributed by atoms with E-state index in [2.05, 4.69) is 15.5 Å². The van der Waals surface area contributed by atoms with Crippen molar-refractivity contribution >= 4 is 53.1 Å². The molecule has 1 aromatic carbocycles. The molecule has 0 aliphatic carbocycles. The van der Waals surface area contributed by atoms with Crippen LogP contribution < -0.4 is 5.32 Å². The van der Waals surface area contributed by atoms with Crippen molar-refractivity contribution in [1.29, 1.82) is 0 Å². The second-order valence-electron chi connectivity index (χ2n) is 4.50. The third-order valence-corrected chi connectivity index (χ3v) is 3.64. The van der Waals surface area contributed by atoms with Crippen LogP contribution in [0, 0.1) is 0 Å². The Kier molecular flexibility index (Phi) is 7.98. The molecule has 0 radical (unpaired) electrons. The van der Waals surface area contributed by atoms with Crippen molar-refractivity contribution in [3.05, 3.63) is 51.8 Å². The molecule has 0 spiro atoms. The lowest BCUT2D eigenvalue weighted by Gasteiger charge is -2.22. The van der Waals surface area contributed by atoms with Crippen LogP contribution in [0.5, 0.6) is 0 Å². The first-order chi connectivity index (χ1) is 10.1. The lowest BCUT2D eigenvalue weighted by Crippen LogP contribution is -2.38. The molecule has 5 nitrogen and oxygen atoms in total. The summed E-state index contributed by atoms with van der Waals surface area (Å²) in [5.41, 5.74) is 1.87. The van der Waals surface area contributed by atoms with E-state index in [0.717, 1.165) is 17.2 Å². The monoisotopic (exact) mass is 454 g/mol. The zero-order valence-electron chi connectivity index (χ0n) is 12.2. The van der Waals surface area contributed by atoms with Crippen LogP contribution in [0.2, 0.25) is 10.0 Å². The van der Waals surface area contributed by atoms with Gasteiger partial charge in [0.25, 0.3) is 0 Å². The summed E-state index contributed by atoms with van der Waals surface area (Å²) in [6.07, 6.45) is 1.54. The lowest BCUT2D eigenvalue weighted by atomic mass is 10.2. The summed E-state index contributed by atoms with van der Waals surface area (Å²) >= 11 is 11.9. The molecule has 22 heavy (non-hydrogen) atoms. The van der Waals surface area contributed by atoms with Gasteiger partial charge in [-0.3, -0.25) is 4.99 Å². The molecule has 120 valence electrons. The molecule has 8 heteroatoms. The van der Waals surface area contributed by atoms with Crippen molar-refractivity contribution in [1.82, 2.24) is 15.4 Å². The molecule has 2 rings (SSSR count). The third kappa shape index (κ3) is 5.33. The Bertz CT molecular complexity index is 619. The maximum absolute atomic E-state index is 6.02. The van der Waals surface area contributed by atoms with Crippen molar-refractivity contribution in [2.75, 3.05) is 14.1 Å². The number of nitrogens with one attached hydrogen (secondary N) is 1. The maximum atomic E-state index is 6.02. The highest BCUT2D eigenvalue weighted by molar-refractivity contribution is 14.0. The van der Waals surface area contributed by atoms with E-state index in [1.807, 2.05) is 24.1 Å². The number of rotatable bonds is 4. The molecule has 0 unspecified atom stereocenters. The van der Waals surface area contributed by atoms with Crippen molar-refractivity contribution in [2.45, 2.75) is 13.1 Å². The SMILES string of the molecule is CN=C(NCc1ccon1)N(C)Cc1ccc(Cl)c(Cl)c1.I. The Hall–Kier alpha value is -0.990. The number of halogens is 3. The Labute approximate surface area is 156 Å². The van der Waals surface area contributed by atoms with Gasteiger partial charge in [0.1, 0.15) is 12.0 Å². The minimum atomic E-state index is 0. The first-order valence-electron chi connectivity index (χ1n) is 6.35. The molecule has 0 saturated carbocycles. The molecule has 1 aromatic heterocycles. The number of nitrogens with zero attached hydrogens (tertiary/aromatic N) is 3. The largest absolute Gasteiger partial charge is 0.364 e. The Morgan fingerprint density at radius 1 is 1.32 bits per heavy atom. The predicted molar refractivity (Wildman–Crippen MR) is 100 cm³/mol. The second kappa shape index (κ2) is 9.22. The van der Waals surface area contributed by atoms with Crippen LogP contribution in [0.3, 0.4) is 0 Å². The fourth-order valence-electron chi connectivity index (χ4n) is 1.87. The van der Waals surface area contributed by atoms with Crippen molar-refractivity contribution < 1.29 is 4.52 Å². The highest BCUT2D eigenvalue weighted by atomic mass is 127. The normalized spacial score (nSPS) is 11.0. The van der Waals surface area contributed by atoms with Crippen molar-refractivity contribution in [3.63, 3.8) is 0 Å². The summed E-state index contributed by atoms with van der Waals surface area (Å²) < 4.78 is 4.79. The maximum Gasteiger partial charge on any atom is 0.194 e. The van der Waals surface area contributed by atoms with Crippen LogP contribution in [-0.4, -0.2) is 30.1 Å². The average molecular weight is 455 g/mol. The fraction of sp³-hybridized carbons (Fsp3) is 0.286. The quantitative estimate of drug-likeness (QED) is 0.433. The molecule has 0 atom stereocenters. The van der Waals surface area contributed by atoms with Gasteiger partial charge in [0, 0.05) is 26.7 Å². The van der Waals surface area contributed by atoms with E-state index in [1.54, 1.807) is 25.4 Å². The molecule has 0 saturated heterocycles. The van der Waals surface area contributed by atoms with Gasteiger partial charge in [-0.25, -0.2) is 0 Å². The number of guanidine groups is 1. The zero-order valence-corrected chi connectivity index (χ0v) is 16.1. The summed E-state index contributed by atoms with van der Waals surface area (Å²) in [6, 6.07) is 7.39. The molecule has 1 heterocycles. The van der Waals surface area contributed by atoms with E-state index in [0.29, 0.717) is 23.1 Å². The summed E-state index contributed by atoms with van der Waals surface area (Å²) in [4.78, 5) is 6.22. The van der Waals surface area contributed by atoms with Gasteiger partial charge in [0.15, 0.2) is 5.96 Å². The summed E-state index contributed by atoms with van der Waals surface area (Å²) in [7, 11) is 3.68. The van der Waals surface area contributed by atoms with E-state index in [1.165, 1.54) is 0 Å². The van der Waals surface area contributed by atoms with E-state index >= 15 is 0 Å². The molecule has 0 aliphatic rings. The Balaban J connectivity index is 0.00000242. The summed E-state index contributed by atoms with van der Waals surface area (Å²) in [6.45, 7) is 1.21. The number of hydrogen-bond acceptors (Lipinski definition) is 3. The van der Waals surface area contributed by atoms with Gasteiger partial charge >= 0.3 is 0 Å². The minimum absolute atomic E-state index is 0. The van der Waals surface area contributed by atoms with Gasteiger partial charge in [-0.1, -0.05) is 34.4 Å². The first-order valence-corrected chi connectivity index (χ1v) is 7.10. The Morgan fingerprint density at radius 3 is 2.68 bits per heavy atom. The van der Waals surface area contributed by atoms with Gasteiger partial charge < -0.3 is 14.7 Å². The van der Waals surface area contributed by atoms with Gasteiger partial charge in [-0.2, -0.15) is 0 Å². The highest BCUT2D eigenvalue weighted by Crippen LogP contribution is 2.23. The predicted octanol–water partition coefficient (Wildman–Crippen LogP) is 3.81. The molecule has 0 bridgehead atoms. The molecular formula is C14H17Cl2IN4O. The summed E-state index contributed by atoms with van der Waals surface area (Å²) in [5.74, 6) is 0.754. The molecule has 0 fully saturated rings. The van der Waals surface area contributed by atoms with E-state index in [9.17, 15) is 0 Å². The average Bonchev–Trinajstić information content (AvgIpc) is 2.97. The third-order valence-electron chi connectivity index (χ3n) is 2.90. The molecule has 2 aromatic rings. The van der Waals surface area contributed by atoms with Crippen molar-refractivity contribution in [3.8, 4) is 0 Å². The molecule has 1 N–H and O–H groups in total. The highest BCUT2D eigenvalue weighted by Gasteiger charge is 2.08. The molecule has 0 amide bonds. The Morgan fingerprint density at radius 2 is 2.09 bits per heavy atom. The minimum Gasteiger partial charge on any atom is -0.364 e.